The molecule has 0 fully saturated rings. The van der Waals surface area contributed by atoms with Gasteiger partial charge in [0.1, 0.15) is 0 Å². The van der Waals surface area contributed by atoms with Crippen LogP contribution in [-0.2, 0) is 6.42 Å². The Labute approximate surface area is 79.8 Å². The zero-order valence-corrected chi connectivity index (χ0v) is 8.27. The number of aliphatic hydroxyl groups excluding tert-OH is 1. The molecule has 0 saturated carbocycles. The molecule has 0 unspecified atom stereocenters. The van der Waals surface area contributed by atoms with Gasteiger partial charge in [-0.3, -0.25) is 0 Å². The van der Waals surface area contributed by atoms with E-state index in [0.717, 1.165) is 6.42 Å². The van der Waals surface area contributed by atoms with Gasteiger partial charge in [-0.25, -0.2) is 5.90 Å². The number of aliphatic hydroxyl groups is 1. The summed E-state index contributed by atoms with van der Waals surface area (Å²) in [6.07, 6.45) is 0.765. The fourth-order valence-electron chi connectivity index (χ4n) is 0.774. The van der Waals surface area contributed by atoms with Crippen molar-refractivity contribution in [2.24, 2.45) is 5.90 Å². The lowest BCUT2D eigenvalue weighted by Gasteiger charge is -1.93. The molecule has 76 valence electrons. The molecular formula is C10H19NO2. The third kappa shape index (κ3) is 9.01. The fourth-order valence-corrected chi connectivity index (χ4v) is 0.774. The standard InChI is InChI=1S/C8H10O.C2H6.H3NO/c9-7-6-8-4-2-1-3-5-8;2*1-2/h1-5,9H,6-7H2;1-2H3;2H,1H2. The summed E-state index contributed by atoms with van der Waals surface area (Å²) >= 11 is 0. The van der Waals surface area contributed by atoms with Crippen molar-refractivity contribution in [1.29, 1.82) is 0 Å². The van der Waals surface area contributed by atoms with Gasteiger partial charge in [-0.1, -0.05) is 44.2 Å². The second kappa shape index (κ2) is 13.7. The average molecular weight is 185 g/mol. The van der Waals surface area contributed by atoms with Gasteiger partial charge in [-0.15, -0.1) is 0 Å². The number of benzene rings is 1. The molecule has 0 amide bonds. The van der Waals surface area contributed by atoms with Crippen LogP contribution in [0.5, 0.6) is 0 Å². The van der Waals surface area contributed by atoms with Crippen molar-refractivity contribution in [3.63, 3.8) is 0 Å². The van der Waals surface area contributed by atoms with E-state index < -0.39 is 0 Å². The molecule has 3 nitrogen and oxygen atoms in total. The highest BCUT2D eigenvalue weighted by Gasteiger charge is 1.85. The van der Waals surface area contributed by atoms with Crippen molar-refractivity contribution in [2.45, 2.75) is 20.3 Å². The van der Waals surface area contributed by atoms with Gasteiger partial charge in [0.2, 0.25) is 0 Å². The predicted molar refractivity (Wildman–Crippen MR) is 54.6 cm³/mol. The zero-order chi connectivity index (χ0) is 10.5. The summed E-state index contributed by atoms with van der Waals surface area (Å²) in [5.74, 6) is 3.50. The molecule has 0 heterocycles. The zero-order valence-electron chi connectivity index (χ0n) is 8.27. The molecule has 13 heavy (non-hydrogen) atoms. The maximum Gasteiger partial charge on any atom is 0.0471 e. The van der Waals surface area contributed by atoms with Crippen molar-refractivity contribution in [3.8, 4) is 0 Å². The largest absolute Gasteiger partial charge is 0.396 e. The van der Waals surface area contributed by atoms with Crippen LogP contribution in [0.3, 0.4) is 0 Å². The third-order valence-corrected chi connectivity index (χ3v) is 1.24. The highest BCUT2D eigenvalue weighted by molar-refractivity contribution is 5.14. The molecule has 4 N–H and O–H groups in total. The maximum absolute atomic E-state index is 8.52. The highest BCUT2D eigenvalue weighted by atomic mass is 16.4. The van der Waals surface area contributed by atoms with E-state index in [4.69, 9.17) is 10.3 Å². The quantitative estimate of drug-likeness (QED) is 0.613. The maximum atomic E-state index is 8.52. The molecule has 1 rings (SSSR count). The SMILES string of the molecule is CC.NO.OCCc1ccccc1. The Morgan fingerprint density at radius 3 is 1.92 bits per heavy atom. The van der Waals surface area contributed by atoms with Gasteiger partial charge in [-0.05, 0) is 12.0 Å². The minimum atomic E-state index is 0.240. The first kappa shape index (κ1) is 14.6. The molecule has 0 aliphatic rings. The van der Waals surface area contributed by atoms with E-state index in [1.165, 1.54) is 5.56 Å². The van der Waals surface area contributed by atoms with Crippen molar-refractivity contribution >= 4 is 0 Å². The molecular weight excluding hydrogens is 166 g/mol. The van der Waals surface area contributed by atoms with E-state index in [1.807, 2.05) is 44.2 Å². The van der Waals surface area contributed by atoms with Crippen LogP contribution in [0.25, 0.3) is 0 Å². The predicted octanol–water partition coefficient (Wildman–Crippen LogP) is 1.58. The van der Waals surface area contributed by atoms with Crippen LogP contribution < -0.4 is 5.90 Å². The molecule has 1 aromatic rings. The van der Waals surface area contributed by atoms with Gasteiger partial charge in [-0.2, -0.15) is 0 Å². The van der Waals surface area contributed by atoms with Crippen LogP contribution in [0, 0.1) is 0 Å². The monoisotopic (exact) mass is 185 g/mol. The van der Waals surface area contributed by atoms with E-state index >= 15 is 0 Å². The Balaban J connectivity index is 0. The Hall–Kier alpha value is -0.900. The first-order valence-electron chi connectivity index (χ1n) is 4.34. The van der Waals surface area contributed by atoms with Crippen LogP contribution >= 0.6 is 0 Å². The van der Waals surface area contributed by atoms with Crippen molar-refractivity contribution < 1.29 is 10.3 Å². The Kier molecular flexibility index (Phi) is 15.4. The molecule has 0 bridgehead atoms. The van der Waals surface area contributed by atoms with E-state index in [-0.39, 0.29) is 6.61 Å². The van der Waals surface area contributed by atoms with Crippen LogP contribution in [0.1, 0.15) is 19.4 Å². The van der Waals surface area contributed by atoms with Crippen LogP contribution in [0.15, 0.2) is 30.3 Å². The fraction of sp³-hybridized carbons (Fsp3) is 0.400. The molecule has 0 aromatic heterocycles. The number of rotatable bonds is 2. The van der Waals surface area contributed by atoms with Gasteiger partial charge in [0.25, 0.3) is 0 Å². The average Bonchev–Trinajstić information content (AvgIpc) is 2.26. The first-order chi connectivity index (χ1) is 6.43. The molecule has 0 atom stereocenters. The summed E-state index contributed by atoms with van der Waals surface area (Å²) in [4.78, 5) is 0. The molecule has 0 radical (unpaired) electrons. The summed E-state index contributed by atoms with van der Waals surface area (Å²) < 4.78 is 0. The molecule has 1 aromatic carbocycles. The van der Waals surface area contributed by atoms with Crippen molar-refractivity contribution in [3.05, 3.63) is 35.9 Å². The molecule has 3 heteroatoms. The van der Waals surface area contributed by atoms with Crippen molar-refractivity contribution in [1.82, 2.24) is 0 Å². The third-order valence-electron chi connectivity index (χ3n) is 1.24. The molecule has 0 aliphatic heterocycles. The lowest BCUT2D eigenvalue weighted by atomic mass is 10.2. The summed E-state index contributed by atoms with van der Waals surface area (Å²) in [6, 6.07) is 9.95. The molecule has 0 aliphatic carbocycles. The van der Waals surface area contributed by atoms with Gasteiger partial charge >= 0.3 is 0 Å². The number of hydrogen-bond donors (Lipinski definition) is 3. The van der Waals surface area contributed by atoms with E-state index in [1.54, 1.807) is 0 Å². The summed E-state index contributed by atoms with van der Waals surface area (Å²) in [5, 5.41) is 15.0. The minimum Gasteiger partial charge on any atom is -0.396 e. The van der Waals surface area contributed by atoms with Crippen LogP contribution in [-0.4, -0.2) is 16.9 Å². The highest BCUT2D eigenvalue weighted by Crippen LogP contribution is 1.97. The molecule has 0 saturated heterocycles. The van der Waals surface area contributed by atoms with E-state index in [2.05, 4.69) is 5.90 Å². The lowest BCUT2D eigenvalue weighted by molar-refractivity contribution is 0.299. The minimum absolute atomic E-state index is 0.240. The number of nitrogens with two attached hydrogens (primary N) is 1. The first-order valence-corrected chi connectivity index (χ1v) is 4.34. The second-order valence-electron chi connectivity index (χ2n) is 1.96. The van der Waals surface area contributed by atoms with Gasteiger partial charge in [0.15, 0.2) is 0 Å². The second-order valence-corrected chi connectivity index (χ2v) is 1.96. The number of hydrogen-bond acceptors (Lipinski definition) is 3. The Morgan fingerprint density at radius 1 is 1.08 bits per heavy atom. The summed E-state index contributed by atoms with van der Waals surface area (Å²) in [5.41, 5.74) is 1.19. The van der Waals surface area contributed by atoms with Gasteiger partial charge < -0.3 is 10.3 Å². The van der Waals surface area contributed by atoms with Gasteiger partial charge in [0.05, 0.1) is 0 Å². The Morgan fingerprint density at radius 2 is 1.54 bits per heavy atom. The normalized spacial score (nSPS) is 7.46. The van der Waals surface area contributed by atoms with Crippen molar-refractivity contribution in [2.75, 3.05) is 6.61 Å². The van der Waals surface area contributed by atoms with Gasteiger partial charge in [0, 0.05) is 6.61 Å². The Bertz CT molecular complexity index is 166. The lowest BCUT2D eigenvalue weighted by Crippen LogP contribution is -1.88. The summed E-state index contributed by atoms with van der Waals surface area (Å²) in [6.45, 7) is 4.24. The molecule has 0 spiro atoms. The van der Waals surface area contributed by atoms with E-state index in [9.17, 15) is 0 Å². The van der Waals surface area contributed by atoms with Crippen LogP contribution in [0.4, 0.5) is 0 Å². The summed E-state index contributed by atoms with van der Waals surface area (Å²) in [7, 11) is 0. The smallest absolute Gasteiger partial charge is 0.0471 e. The topological polar surface area (TPSA) is 66.5 Å². The van der Waals surface area contributed by atoms with Crippen LogP contribution in [0.2, 0.25) is 0 Å². The van der Waals surface area contributed by atoms with E-state index in [0.29, 0.717) is 0 Å².